The number of hydrogen-bond acceptors (Lipinski definition) is 3. The van der Waals surface area contributed by atoms with E-state index in [-0.39, 0.29) is 0 Å². The van der Waals surface area contributed by atoms with Gasteiger partial charge in [0.1, 0.15) is 0 Å². The lowest BCUT2D eigenvalue weighted by atomic mass is 9.97. The summed E-state index contributed by atoms with van der Waals surface area (Å²) in [4.78, 5) is 10.6. The Labute approximate surface area is 259 Å². The van der Waals surface area contributed by atoms with Crippen molar-refractivity contribution in [2.45, 2.75) is 0 Å². The Balaban J connectivity index is 1.50. The van der Waals surface area contributed by atoms with E-state index in [1.54, 1.807) is 17.4 Å². The smallest absolute Gasteiger partial charge is 0.235 e. The zero-order valence-electron chi connectivity index (χ0n) is 25.4. The van der Waals surface area contributed by atoms with Crippen molar-refractivity contribution in [1.82, 2.24) is 14.5 Å². The second-order valence-corrected chi connectivity index (χ2v) is 12.2. The predicted molar refractivity (Wildman–Crippen MR) is 187 cm³/mol. The molecule has 3 nitrogen and oxygen atoms in total. The first-order valence-electron chi connectivity index (χ1n) is 15.7. The Morgan fingerprint density at radius 3 is 2.16 bits per heavy atom. The number of aromatic nitrogens is 3. The summed E-state index contributed by atoms with van der Waals surface area (Å²) in [7, 11) is 0. The number of benzene rings is 7. The van der Waals surface area contributed by atoms with E-state index in [4.69, 9.17) is 12.7 Å². The van der Waals surface area contributed by atoms with Gasteiger partial charge in [-0.3, -0.25) is 4.57 Å². The molecule has 0 aliphatic heterocycles. The fourth-order valence-corrected chi connectivity index (χ4v) is 8.20. The van der Waals surface area contributed by atoms with E-state index in [9.17, 15) is 0 Å². The lowest BCUT2D eigenvalue weighted by Crippen LogP contribution is -2.03. The van der Waals surface area contributed by atoms with Crippen LogP contribution in [0.2, 0.25) is 0 Å². The van der Waals surface area contributed by atoms with Gasteiger partial charge < -0.3 is 0 Å². The topological polar surface area (TPSA) is 30.7 Å². The average Bonchev–Trinajstić information content (AvgIpc) is 3.66. The highest BCUT2D eigenvalue weighted by Gasteiger charge is 2.24. The normalized spacial score (nSPS) is 12.7. The quantitative estimate of drug-likeness (QED) is 0.204. The second kappa shape index (κ2) is 8.96. The van der Waals surface area contributed by atoms with Crippen LogP contribution < -0.4 is 0 Å². The van der Waals surface area contributed by atoms with Crippen LogP contribution in [-0.2, 0) is 0 Å². The molecule has 0 aliphatic rings. The molecular formula is C40H23N3S. The highest BCUT2D eigenvalue weighted by atomic mass is 32.1. The summed E-state index contributed by atoms with van der Waals surface area (Å²) in [5, 5.41) is 9.94. The van der Waals surface area contributed by atoms with Crippen molar-refractivity contribution in [3.63, 3.8) is 0 Å². The van der Waals surface area contributed by atoms with Gasteiger partial charge in [0.05, 0.1) is 29.7 Å². The van der Waals surface area contributed by atoms with Gasteiger partial charge in [0.2, 0.25) is 5.95 Å². The van der Waals surface area contributed by atoms with Crippen LogP contribution in [0.3, 0.4) is 0 Å². The molecule has 0 atom stereocenters. The van der Waals surface area contributed by atoms with Gasteiger partial charge in [-0.1, -0.05) is 121 Å². The molecule has 0 fully saturated rings. The van der Waals surface area contributed by atoms with Crippen LogP contribution in [0, 0.1) is 0 Å². The summed E-state index contributed by atoms with van der Waals surface area (Å²) in [5.41, 5.74) is 4.86. The van der Waals surface area contributed by atoms with Gasteiger partial charge in [0.25, 0.3) is 0 Å². The standard InChI is InChI=1S/C40H23N3S/c1-2-13-25(14-3-1)37-29-18-8-10-20-31(29)41-40(42-37)43-32-23-22-24-12-4-5-15-26(24)35(32)36-28-17-7-6-16-27(28)34-30-19-9-11-21-33(30)44-39(34)38(36)43/h1-23H/i9D,21D. The van der Waals surface area contributed by atoms with Crippen molar-refractivity contribution in [3.8, 4) is 17.2 Å². The van der Waals surface area contributed by atoms with E-state index in [2.05, 4.69) is 89.5 Å². The fraction of sp³-hybridized carbons (Fsp3) is 0. The lowest BCUT2D eigenvalue weighted by molar-refractivity contribution is 1.02. The first-order valence-corrected chi connectivity index (χ1v) is 15.5. The van der Waals surface area contributed by atoms with Crippen LogP contribution in [0.25, 0.3) is 91.6 Å². The minimum Gasteiger partial charge on any atom is -0.276 e. The van der Waals surface area contributed by atoms with Crippen LogP contribution in [-0.4, -0.2) is 14.5 Å². The van der Waals surface area contributed by atoms with Gasteiger partial charge in [-0.25, -0.2) is 9.97 Å². The van der Waals surface area contributed by atoms with Crippen LogP contribution in [0.15, 0.2) is 139 Å². The molecule has 10 aromatic rings. The van der Waals surface area contributed by atoms with Gasteiger partial charge in [-0.15, -0.1) is 11.3 Å². The highest BCUT2D eigenvalue weighted by Crippen LogP contribution is 2.49. The summed E-state index contributed by atoms with van der Waals surface area (Å²) in [5.74, 6) is 0.606. The number of rotatable bonds is 2. The van der Waals surface area contributed by atoms with E-state index >= 15 is 0 Å². The van der Waals surface area contributed by atoms with Crippen LogP contribution in [0.4, 0.5) is 0 Å². The molecule has 7 aromatic carbocycles. The molecule has 204 valence electrons. The summed E-state index contributed by atoms with van der Waals surface area (Å²) >= 11 is 1.63. The monoisotopic (exact) mass is 579 g/mol. The van der Waals surface area contributed by atoms with E-state index in [1.807, 2.05) is 36.4 Å². The molecule has 0 aliphatic carbocycles. The van der Waals surface area contributed by atoms with Crippen molar-refractivity contribution in [1.29, 1.82) is 0 Å². The fourth-order valence-electron chi connectivity index (χ4n) is 7.00. The summed E-state index contributed by atoms with van der Waals surface area (Å²) in [6.45, 7) is 0. The lowest BCUT2D eigenvalue weighted by Gasteiger charge is -2.12. The number of hydrogen-bond donors (Lipinski definition) is 0. The zero-order valence-corrected chi connectivity index (χ0v) is 24.2. The first kappa shape index (κ1) is 22.0. The molecule has 0 spiro atoms. The van der Waals surface area contributed by atoms with E-state index < -0.39 is 0 Å². The summed E-state index contributed by atoms with van der Waals surface area (Å²) < 4.78 is 21.6. The van der Waals surface area contributed by atoms with Crippen molar-refractivity contribution in [2.24, 2.45) is 0 Å². The Bertz CT molecular complexity index is 2890. The van der Waals surface area contributed by atoms with E-state index in [0.29, 0.717) is 18.0 Å². The van der Waals surface area contributed by atoms with Crippen molar-refractivity contribution < 1.29 is 2.74 Å². The van der Waals surface area contributed by atoms with Crippen molar-refractivity contribution in [2.75, 3.05) is 0 Å². The maximum Gasteiger partial charge on any atom is 0.235 e. The highest BCUT2D eigenvalue weighted by molar-refractivity contribution is 7.27. The van der Waals surface area contributed by atoms with Crippen LogP contribution >= 0.6 is 11.3 Å². The number of para-hydroxylation sites is 1. The Morgan fingerprint density at radius 1 is 0.568 bits per heavy atom. The minimum atomic E-state index is 0.346. The van der Waals surface area contributed by atoms with Gasteiger partial charge in [-0.2, -0.15) is 0 Å². The van der Waals surface area contributed by atoms with Gasteiger partial charge in [0, 0.05) is 37.2 Å². The Hall–Kier alpha value is -5.58. The molecule has 0 unspecified atom stereocenters. The molecule has 44 heavy (non-hydrogen) atoms. The van der Waals surface area contributed by atoms with Gasteiger partial charge in [0.15, 0.2) is 0 Å². The summed E-state index contributed by atoms with van der Waals surface area (Å²) in [6, 6.07) is 44.3. The zero-order chi connectivity index (χ0) is 30.5. The minimum absolute atomic E-state index is 0.346. The Morgan fingerprint density at radius 2 is 1.30 bits per heavy atom. The molecule has 3 aromatic heterocycles. The van der Waals surface area contributed by atoms with Gasteiger partial charge >= 0.3 is 0 Å². The van der Waals surface area contributed by atoms with Crippen molar-refractivity contribution >= 4 is 85.8 Å². The third-order valence-electron chi connectivity index (χ3n) is 8.84. The molecule has 0 saturated heterocycles. The van der Waals surface area contributed by atoms with Crippen molar-refractivity contribution in [3.05, 3.63) is 139 Å². The predicted octanol–water partition coefficient (Wildman–Crippen LogP) is 11.1. The molecule has 0 bridgehead atoms. The molecule has 4 heteroatoms. The van der Waals surface area contributed by atoms with Crippen LogP contribution in [0.5, 0.6) is 0 Å². The number of thiophene rings is 1. The number of fused-ring (bicyclic) bond motifs is 13. The Kier molecular flexibility index (Phi) is 4.49. The largest absolute Gasteiger partial charge is 0.276 e. The molecular weight excluding hydrogens is 555 g/mol. The second-order valence-electron chi connectivity index (χ2n) is 11.2. The molecule has 0 saturated carbocycles. The maximum absolute atomic E-state index is 8.86. The van der Waals surface area contributed by atoms with Crippen LogP contribution in [0.1, 0.15) is 2.74 Å². The average molecular weight is 580 g/mol. The molecule has 10 rings (SSSR count). The SMILES string of the molecule is [2H]c1cc([2H])c2sc3c(c2c1)c1ccccc1c1c2c4ccccc4ccc2n(-c2nc(-c4ccccc4)c4ccccc4n2)c31. The first-order chi connectivity index (χ1) is 22.7. The number of nitrogens with zero attached hydrogens (tertiary/aromatic N) is 3. The third-order valence-corrected chi connectivity index (χ3v) is 9.98. The molecule has 0 radical (unpaired) electrons. The summed E-state index contributed by atoms with van der Waals surface area (Å²) in [6.07, 6.45) is 0. The third kappa shape index (κ3) is 3.20. The molecule has 0 amide bonds. The van der Waals surface area contributed by atoms with E-state index in [1.165, 1.54) is 10.8 Å². The van der Waals surface area contributed by atoms with Gasteiger partial charge in [-0.05, 0) is 39.7 Å². The maximum atomic E-state index is 8.86. The molecule has 0 N–H and O–H groups in total. The van der Waals surface area contributed by atoms with E-state index in [0.717, 1.165) is 74.9 Å². The molecule has 3 heterocycles.